The summed E-state index contributed by atoms with van der Waals surface area (Å²) in [5.41, 5.74) is -0.662. The van der Waals surface area contributed by atoms with Gasteiger partial charge < -0.3 is 13.9 Å². The molecule has 1 rings (SSSR count). The SMILES string of the molecule is COC(=O)C(OC)C1(O[Si](C)(C)C)C=CCCC1. The van der Waals surface area contributed by atoms with Crippen LogP contribution in [0.15, 0.2) is 12.2 Å². The fourth-order valence-corrected chi connectivity index (χ4v) is 3.81. The molecular weight excluding hydrogens is 248 g/mol. The van der Waals surface area contributed by atoms with Crippen LogP contribution in [0.1, 0.15) is 19.3 Å². The standard InChI is InChI=1S/C13H24O4Si/c1-15-11(12(14)16-2)13(17-18(3,4)5)9-7-6-8-10-13/h7,9,11H,6,8,10H2,1-5H3. The zero-order valence-electron chi connectivity index (χ0n) is 12.0. The van der Waals surface area contributed by atoms with E-state index < -0.39 is 20.0 Å². The van der Waals surface area contributed by atoms with E-state index in [9.17, 15) is 4.79 Å². The number of ether oxygens (including phenoxy) is 2. The summed E-state index contributed by atoms with van der Waals surface area (Å²) in [6.07, 6.45) is 6.18. The van der Waals surface area contributed by atoms with Crippen molar-refractivity contribution in [3.63, 3.8) is 0 Å². The Morgan fingerprint density at radius 1 is 1.33 bits per heavy atom. The predicted molar refractivity (Wildman–Crippen MR) is 73.0 cm³/mol. The smallest absolute Gasteiger partial charge is 0.338 e. The quantitative estimate of drug-likeness (QED) is 0.438. The molecule has 1 aliphatic rings. The molecule has 5 heteroatoms. The van der Waals surface area contributed by atoms with Crippen LogP contribution in [0.2, 0.25) is 19.6 Å². The summed E-state index contributed by atoms with van der Waals surface area (Å²) in [6, 6.07) is 0. The zero-order chi connectivity index (χ0) is 13.8. The van der Waals surface area contributed by atoms with Crippen molar-refractivity contribution < 1.29 is 18.7 Å². The number of rotatable bonds is 5. The number of allylic oxidation sites excluding steroid dienone is 1. The van der Waals surface area contributed by atoms with E-state index >= 15 is 0 Å². The molecule has 4 nitrogen and oxygen atoms in total. The molecule has 0 saturated heterocycles. The average molecular weight is 272 g/mol. The first kappa shape index (κ1) is 15.4. The number of esters is 1. The van der Waals surface area contributed by atoms with Crippen LogP contribution in [0.3, 0.4) is 0 Å². The highest BCUT2D eigenvalue weighted by Crippen LogP contribution is 2.34. The zero-order valence-corrected chi connectivity index (χ0v) is 13.0. The summed E-state index contributed by atoms with van der Waals surface area (Å²) in [5, 5.41) is 0. The Kier molecular flexibility index (Phi) is 5.13. The minimum absolute atomic E-state index is 0.373. The number of carbonyl (C=O) groups excluding carboxylic acids is 1. The Bertz CT molecular complexity index is 321. The topological polar surface area (TPSA) is 44.8 Å². The van der Waals surface area contributed by atoms with Crippen molar-refractivity contribution in [3.05, 3.63) is 12.2 Å². The molecule has 18 heavy (non-hydrogen) atoms. The van der Waals surface area contributed by atoms with Crippen LogP contribution in [-0.2, 0) is 18.7 Å². The van der Waals surface area contributed by atoms with Gasteiger partial charge in [0.05, 0.1) is 7.11 Å². The number of carbonyl (C=O) groups is 1. The van der Waals surface area contributed by atoms with Gasteiger partial charge in [-0.3, -0.25) is 0 Å². The van der Waals surface area contributed by atoms with E-state index in [1.54, 1.807) is 0 Å². The lowest BCUT2D eigenvalue weighted by Gasteiger charge is -2.42. The first-order valence-corrected chi connectivity index (χ1v) is 9.74. The molecule has 0 heterocycles. The molecule has 1 aliphatic carbocycles. The highest BCUT2D eigenvalue weighted by atomic mass is 28.4. The van der Waals surface area contributed by atoms with Crippen LogP contribution in [0.25, 0.3) is 0 Å². The second kappa shape index (κ2) is 5.99. The van der Waals surface area contributed by atoms with E-state index in [0.717, 1.165) is 19.3 Å². The van der Waals surface area contributed by atoms with Gasteiger partial charge in [-0.1, -0.05) is 12.2 Å². The van der Waals surface area contributed by atoms with E-state index in [1.807, 2.05) is 6.08 Å². The summed E-state index contributed by atoms with van der Waals surface area (Å²) in [4.78, 5) is 11.9. The lowest BCUT2D eigenvalue weighted by molar-refractivity contribution is -0.164. The van der Waals surface area contributed by atoms with Gasteiger partial charge in [0.2, 0.25) is 0 Å². The van der Waals surface area contributed by atoms with Crippen LogP contribution < -0.4 is 0 Å². The molecule has 0 fully saturated rings. The van der Waals surface area contributed by atoms with Crippen molar-refractivity contribution in [3.8, 4) is 0 Å². The molecule has 0 aliphatic heterocycles. The molecule has 0 amide bonds. The maximum atomic E-state index is 11.9. The van der Waals surface area contributed by atoms with Gasteiger partial charge in [-0.05, 0) is 38.9 Å². The van der Waals surface area contributed by atoms with Gasteiger partial charge >= 0.3 is 5.97 Å². The highest BCUT2D eigenvalue weighted by Gasteiger charge is 2.46. The van der Waals surface area contributed by atoms with Gasteiger partial charge in [-0.25, -0.2) is 4.79 Å². The number of hydrogen-bond donors (Lipinski definition) is 0. The Balaban J connectivity index is 3.06. The fourth-order valence-electron chi connectivity index (χ4n) is 2.39. The van der Waals surface area contributed by atoms with Gasteiger partial charge in [0.1, 0.15) is 5.60 Å². The Labute approximate surface area is 110 Å². The first-order chi connectivity index (χ1) is 8.34. The molecule has 0 aromatic rings. The Hall–Kier alpha value is -0.653. The molecule has 2 unspecified atom stereocenters. The van der Waals surface area contributed by atoms with Crippen LogP contribution in [0.4, 0.5) is 0 Å². The molecule has 0 aromatic carbocycles. The van der Waals surface area contributed by atoms with E-state index in [4.69, 9.17) is 13.9 Å². The van der Waals surface area contributed by atoms with Crippen LogP contribution in [-0.4, -0.2) is 40.2 Å². The highest BCUT2D eigenvalue weighted by molar-refractivity contribution is 6.69. The van der Waals surface area contributed by atoms with E-state index in [1.165, 1.54) is 14.2 Å². The minimum atomic E-state index is -1.79. The third-order valence-corrected chi connectivity index (χ3v) is 3.92. The van der Waals surface area contributed by atoms with Crippen molar-refractivity contribution in [2.75, 3.05) is 14.2 Å². The summed E-state index contributed by atoms with van der Waals surface area (Å²) in [6.45, 7) is 6.34. The van der Waals surface area contributed by atoms with Gasteiger partial charge in [-0.2, -0.15) is 0 Å². The average Bonchev–Trinajstić information content (AvgIpc) is 2.28. The number of methoxy groups -OCH3 is 2. The molecule has 0 radical (unpaired) electrons. The van der Waals surface area contributed by atoms with Gasteiger partial charge in [-0.15, -0.1) is 0 Å². The van der Waals surface area contributed by atoms with Crippen LogP contribution in [0.5, 0.6) is 0 Å². The molecule has 0 aromatic heterocycles. The van der Waals surface area contributed by atoms with E-state index in [2.05, 4.69) is 25.7 Å². The van der Waals surface area contributed by atoms with Crippen molar-refractivity contribution in [2.45, 2.75) is 50.6 Å². The maximum absolute atomic E-state index is 11.9. The second-order valence-electron chi connectivity index (χ2n) is 5.60. The second-order valence-corrected chi connectivity index (χ2v) is 10.0. The lowest BCUT2D eigenvalue weighted by atomic mass is 9.86. The summed E-state index contributed by atoms with van der Waals surface area (Å²) < 4.78 is 16.5. The Morgan fingerprint density at radius 2 is 2.00 bits per heavy atom. The van der Waals surface area contributed by atoms with Crippen molar-refractivity contribution in [1.82, 2.24) is 0 Å². The molecule has 104 valence electrons. The third kappa shape index (κ3) is 3.67. The lowest BCUT2D eigenvalue weighted by Crippen LogP contribution is -2.54. The van der Waals surface area contributed by atoms with Gasteiger partial charge in [0, 0.05) is 7.11 Å². The van der Waals surface area contributed by atoms with E-state index in [-0.39, 0.29) is 5.97 Å². The molecular formula is C13H24O4Si. The third-order valence-electron chi connectivity index (χ3n) is 2.93. The van der Waals surface area contributed by atoms with Gasteiger partial charge in [0.15, 0.2) is 14.4 Å². The number of hydrogen-bond acceptors (Lipinski definition) is 4. The predicted octanol–water partition coefficient (Wildman–Crippen LogP) is 2.50. The molecule has 0 spiro atoms. The fraction of sp³-hybridized carbons (Fsp3) is 0.769. The summed E-state index contributed by atoms with van der Waals surface area (Å²) in [7, 11) is 1.11. The molecule has 2 atom stereocenters. The maximum Gasteiger partial charge on any atom is 0.338 e. The molecule has 0 bridgehead atoms. The monoisotopic (exact) mass is 272 g/mol. The summed E-state index contributed by atoms with van der Waals surface area (Å²) >= 11 is 0. The van der Waals surface area contributed by atoms with Crippen LogP contribution in [0, 0.1) is 0 Å². The molecule has 0 saturated carbocycles. The summed E-state index contributed by atoms with van der Waals surface area (Å²) in [5.74, 6) is -0.373. The van der Waals surface area contributed by atoms with Crippen molar-refractivity contribution in [2.24, 2.45) is 0 Å². The first-order valence-electron chi connectivity index (χ1n) is 6.33. The Morgan fingerprint density at radius 3 is 2.39 bits per heavy atom. The van der Waals surface area contributed by atoms with Gasteiger partial charge in [0.25, 0.3) is 0 Å². The minimum Gasteiger partial charge on any atom is -0.467 e. The molecule has 0 N–H and O–H groups in total. The van der Waals surface area contributed by atoms with Crippen LogP contribution >= 0.6 is 0 Å². The van der Waals surface area contributed by atoms with E-state index in [0.29, 0.717) is 0 Å². The van der Waals surface area contributed by atoms with Crippen molar-refractivity contribution in [1.29, 1.82) is 0 Å². The largest absolute Gasteiger partial charge is 0.467 e. The van der Waals surface area contributed by atoms with Crippen molar-refractivity contribution >= 4 is 14.3 Å². The normalized spacial score (nSPS) is 25.8.